The maximum atomic E-state index is 5.92. The van der Waals surface area contributed by atoms with Gasteiger partial charge in [0.15, 0.2) is 17.8 Å². The van der Waals surface area contributed by atoms with E-state index in [9.17, 15) is 0 Å². The highest BCUT2D eigenvalue weighted by molar-refractivity contribution is 5.43. The summed E-state index contributed by atoms with van der Waals surface area (Å²) in [5.41, 5.74) is 2.22. The summed E-state index contributed by atoms with van der Waals surface area (Å²) >= 11 is 0. The molecule has 0 radical (unpaired) electrons. The van der Waals surface area contributed by atoms with Crippen LogP contribution in [0.25, 0.3) is 0 Å². The first kappa shape index (κ1) is 18.3. The molecule has 0 saturated heterocycles. The van der Waals surface area contributed by atoms with Gasteiger partial charge in [0, 0.05) is 27.3 Å². The van der Waals surface area contributed by atoms with Crippen LogP contribution in [-0.2, 0) is 22.6 Å². The van der Waals surface area contributed by atoms with Gasteiger partial charge in [-0.2, -0.15) is 0 Å². The highest BCUT2D eigenvalue weighted by atomic mass is 16.7. The molecule has 0 atom stereocenters. The number of hydrogen-bond acceptors (Lipinski definition) is 5. The zero-order valence-electron chi connectivity index (χ0n) is 14.5. The maximum Gasteiger partial charge on any atom is 0.169 e. The van der Waals surface area contributed by atoms with Crippen molar-refractivity contribution in [1.29, 1.82) is 0 Å². The van der Waals surface area contributed by atoms with Crippen LogP contribution in [-0.4, -0.2) is 34.2 Å². The van der Waals surface area contributed by atoms with E-state index in [0.29, 0.717) is 19.7 Å². The second-order valence-electron chi connectivity index (χ2n) is 5.29. The van der Waals surface area contributed by atoms with Crippen molar-refractivity contribution in [3.63, 3.8) is 0 Å². The predicted octanol–water partition coefficient (Wildman–Crippen LogP) is 2.98. The van der Waals surface area contributed by atoms with Crippen LogP contribution in [0.3, 0.4) is 0 Å². The highest BCUT2D eigenvalue weighted by Gasteiger charge is 2.08. The van der Waals surface area contributed by atoms with Gasteiger partial charge >= 0.3 is 0 Å². The largest absolute Gasteiger partial charge is 0.493 e. The minimum atomic E-state index is -0.253. The summed E-state index contributed by atoms with van der Waals surface area (Å²) in [4.78, 5) is 0. The lowest BCUT2D eigenvalue weighted by atomic mass is 10.2. The van der Waals surface area contributed by atoms with E-state index in [4.69, 9.17) is 18.9 Å². The second-order valence-corrected chi connectivity index (χ2v) is 5.29. The zero-order valence-corrected chi connectivity index (χ0v) is 14.5. The molecule has 0 saturated carbocycles. The zero-order chi connectivity index (χ0) is 17.2. The Balaban J connectivity index is 1.96. The number of rotatable bonds is 10. The maximum absolute atomic E-state index is 5.92. The van der Waals surface area contributed by atoms with Gasteiger partial charge in [0.2, 0.25) is 0 Å². The molecule has 1 N–H and O–H groups in total. The molecular formula is C19H25NO4. The van der Waals surface area contributed by atoms with E-state index < -0.39 is 0 Å². The Labute approximate surface area is 143 Å². The number of nitrogens with one attached hydrogen (secondary N) is 1. The Kier molecular flexibility index (Phi) is 7.55. The summed E-state index contributed by atoms with van der Waals surface area (Å²) in [6.45, 7) is 1.80. The average molecular weight is 331 g/mol. The first-order valence-electron chi connectivity index (χ1n) is 7.86. The van der Waals surface area contributed by atoms with Crippen molar-refractivity contribution in [1.82, 2.24) is 5.32 Å². The molecule has 24 heavy (non-hydrogen) atoms. The third kappa shape index (κ3) is 5.53. The topological polar surface area (TPSA) is 49.0 Å². The molecule has 0 heterocycles. The van der Waals surface area contributed by atoms with Crippen molar-refractivity contribution in [2.24, 2.45) is 0 Å². The summed E-state index contributed by atoms with van der Waals surface area (Å²) in [6, 6.07) is 16.0. The number of ether oxygens (including phenoxy) is 4. The SMILES string of the molecule is COc1ccc(CNCC(OC)OC)cc1OCc1ccccc1. The Morgan fingerprint density at radius 1 is 0.875 bits per heavy atom. The summed E-state index contributed by atoms with van der Waals surface area (Å²) in [5.74, 6) is 1.46. The smallest absolute Gasteiger partial charge is 0.169 e. The molecule has 0 aromatic heterocycles. The van der Waals surface area contributed by atoms with E-state index in [1.54, 1.807) is 21.3 Å². The summed E-state index contributed by atoms with van der Waals surface area (Å²) in [5, 5.41) is 3.30. The molecule has 0 fully saturated rings. The molecule has 2 aromatic carbocycles. The van der Waals surface area contributed by atoms with Crippen LogP contribution in [0.4, 0.5) is 0 Å². The van der Waals surface area contributed by atoms with Crippen LogP contribution in [0, 0.1) is 0 Å². The fourth-order valence-corrected chi connectivity index (χ4v) is 2.28. The van der Waals surface area contributed by atoms with Crippen molar-refractivity contribution < 1.29 is 18.9 Å². The molecule has 0 aliphatic carbocycles. The lowest BCUT2D eigenvalue weighted by molar-refractivity contribution is -0.0989. The molecule has 5 nitrogen and oxygen atoms in total. The quantitative estimate of drug-likeness (QED) is 0.678. The van der Waals surface area contributed by atoms with Gasteiger partial charge in [-0.3, -0.25) is 0 Å². The van der Waals surface area contributed by atoms with Gasteiger partial charge in [0.1, 0.15) is 6.61 Å². The molecule has 2 aromatic rings. The van der Waals surface area contributed by atoms with Gasteiger partial charge in [-0.1, -0.05) is 36.4 Å². The van der Waals surface area contributed by atoms with E-state index in [1.807, 2.05) is 48.5 Å². The fraction of sp³-hybridized carbons (Fsp3) is 0.368. The van der Waals surface area contributed by atoms with Gasteiger partial charge in [-0.15, -0.1) is 0 Å². The first-order valence-corrected chi connectivity index (χ1v) is 7.86. The minimum Gasteiger partial charge on any atom is -0.493 e. The Hall–Kier alpha value is -2.08. The van der Waals surface area contributed by atoms with Crippen LogP contribution in [0.1, 0.15) is 11.1 Å². The Morgan fingerprint density at radius 2 is 1.62 bits per heavy atom. The molecule has 0 aliphatic heterocycles. The number of methoxy groups -OCH3 is 3. The molecule has 0 aliphatic rings. The number of hydrogen-bond donors (Lipinski definition) is 1. The van der Waals surface area contributed by atoms with E-state index in [0.717, 1.165) is 22.6 Å². The number of benzene rings is 2. The Bertz CT molecular complexity index is 600. The van der Waals surface area contributed by atoms with Crippen molar-refractivity contribution >= 4 is 0 Å². The monoisotopic (exact) mass is 331 g/mol. The molecule has 5 heteroatoms. The summed E-state index contributed by atoms with van der Waals surface area (Å²) in [6.07, 6.45) is -0.253. The highest BCUT2D eigenvalue weighted by Crippen LogP contribution is 2.28. The molecule has 0 bridgehead atoms. The van der Waals surface area contributed by atoms with Gasteiger partial charge in [-0.05, 0) is 23.3 Å². The summed E-state index contributed by atoms with van der Waals surface area (Å²) < 4.78 is 21.6. The van der Waals surface area contributed by atoms with Gasteiger partial charge in [0.25, 0.3) is 0 Å². The first-order chi connectivity index (χ1) is 11.8. The predicted molar refractivity (Wildman–Crippen MR) is 93.3 cm³/mol. The van der Waals surface area contributed by atoms with E-state index in [2.05, 4.69) is 5.32 Å². The minimum absolute atomic E-state index is 0.253. The van der Waals surface area contributed by atoms with E-state index >= 15 is 0 Å². The van der Waals surface area contributed by atoms with Gasteiger partial charge < -0.3 is 24.3 Å². The molecule has 0 spiro atoms. The van der Waals surface area contributed by atoms with E-state index in [-0.39, 0.29) is 6.29 Å². The second kappa shape index (κ2) is 9.93. The third-order valence-corrected chi connectivity index (χ3v) is 3.63. The lowest BCUT2D eigenvalue weighted by Gasteiger charge is -2.15. The van der Waals surface area contributed by atoms with Crippen LogP contribution in [0.5, 0.6) is 11.5 Å². The van der Waals surface area contributed by atoms with Crippen molar-refractivity contribution in [2.45, 2.75) is 19.4 Å². The van der Waals surface area contributed by atoms with Crippen LogP contribution >= 0.6 is 0 Å². The van der Waals surface area contributed by atoms with Crippen molar-refractivity contribution in [3.05, 3.63) is 59.7 Å². The molecule has 130 valence electrons. The van der Waals surface area contributed by atoms with Crippen molar-refractivity contribution in [3.8, 4) is 11.5 Å². The normalized spacial score (nSPS) is 10.8. The van der Waals surface area contributed by atoms with Gasteiger partial charge in [0.05, 0.1) is 7.11 Å². The standard InChI is InChI=1S/C19H25NO4/c1-21-17-10-9-16(12-20-13-19(22-2)23-3)11-18(17)24-14-15-7-5-4-6-8-15/h4-11,19-20H,12-14H2,1-3H3. The molecule has 0 amide bonds. The van der Waals surface area contributed by atoms with Crippen LogP contribution in [0.2, 0.25) is 0 Å². The van der Waals surface area contributed by atoms with Gasteiger partial charge in [-0.25, -0.2) is 0 Å². The fourth-order valence-electron chi connectivity index (χ4n) is 2.28. The lowest BCUT2D eigenvalue weighted by Crippen LogP contribution is -2.29. The van der Waals surface area contributed by atoms with E-state index in [1.165, 1.54) is 0 Å². The van der Waals surface area contributed by atoms with Crippen molar-refractivity contribution in [2.75, 3.05) is 27.9 Å². The van der Waals surface area contributed by atoms with Crippen LogP contribution < -0.4 is 14.8 Å². The average Bonchev–Trinajstić information content (AvgIpc) is 2.64. The van der Waals surface area contributed by atoms with Crippen LogP contribution in [0.15, 0.2) is 48.5 Å². The third-order valence-electron chi connectivity index (χ3n) is 3.63. The molecule has 0 unspecified atom stereocenters. The molecular weight excluding hydrogens is 306 g/mol. The summed E-state index contributed by atoms with van der Waals surface area (Å²) in [7, 11) is 4.89. The molecule has 2 rings (SSSR count). The Morgan fingerprint density at radius 3 is 2.29 bits per heavy atom.